The van der Waals surface area contributed by atoms with Gasteiger partial charge < -0.3 is 19.3 Å². The normalized spacial score (nSPS) is 23.6. The molecule has 1 aliphatic heterocycles. The number of halogens is 2. The van der Waals surface area contributed by atoms with Gasteiger partial charge in [0.05, 0.1) is 31.8 Å². The topological polar surface area (TPSA) is 65.0 Å². The Morgan fingerprint density at radius 1 is 0.892 bits per heavy atom. The smallest absolute Gasteiger partial charge is 0.307 e. The molecule has 3 aromatic rings. The largest absolute Gasteiger partial charge is 0.481 e. The molecule has 5 atom stereocenters. The summed E-state index contributed by atoms with van der Waals surface area (Å²) in [6.07, 6.45) is -0.880. The van der Waals surface area contributed by atoms with E-state index in [-0.39, 0.29) is 24.5 Å². The van der Waals surface area contributed by atoms with Gasteiger partial charge in [0.25, 0.3) is 0 Å². The molecule has 1 aliphatic rings. The van der Waals surface area contributed by atoms with Crippen LogP contribution in [0.2, 0.25) is 10.0 Å². The number of carboxylic acid groups (broad SMARTS) is 1. The summed E-state index contributed by atoms with van der Waals surface area (Å²) in [5, 5.41) is 10.1. The third kappa shape index (κ3) is 6.92. The Hall–Kier alpha value is -2.41. The van der Waals surface area contributed by atoms with Gasteiger partial charge in [-0.3, -0.25) is 4.79 Å². The quantitative estimate of drug-likeness (QED) is 0.291. The lowest BCUT2D eigenvalue weighted by atomic mass is 9.84. The fraction of sp³-hybridized carbons (Fsp3) is 0.367. The van der Waals surface area contributed by atoms with Crippen molar-refractivity contribution in [1.82, 2.24) is 0 Å². The minimum absolute atomic E-state index is 0.0512. The summed E-state index contributed by atoms with van der Waals surface area (Å²) in [6, 6.07) is 23.3. The molecule has 5 nitrogen and oxygen atoms in total. The van der Waals surface area contributed by atoms with E-state index in [1.165, 1.54) is 0 Å². The van der Waals surface area contributed by atoms with Crippen LogP contribution >= 0.6 is 23.2 Å². The maximum Gasteiger partial charge on any atom is 0.307 e. The molecule has 1 heterocycles. The molecular formula is C30H32Cl2O5. The molecule has 196 valence electrons. The van der Waals surface area contributed by atoms with Crippen LogP contribution in [0.3, 0.4) is 0 Å². The lowest BCUT2D eigenvalue weighted by Crippen LogP contribution is -2.51. The van der Waals surface area contributed by atoms with Gasteiger partial charge in [-0.1, -0.05) is 97.7 Å². The van der Waals surface area contributed by atoms with Crippen molar-refractivity contribution in [2.75, 3.05) is 0 Å². The van der Waals surface area contributed by atoms with Crippen molar-refractivity contribution in [3.05, 3.63) is 105 Å². The highest BCUT2D eigenvalue weighted by Crippen LogP contribution is 2.43. The Bertz CT molecular complexity index is 1170. The highest BCUT2D eigenvalue weighted by molar-refractivity contribution is 6.35. The Kier molecular flexibility index (Phi) is 9.63. The predicted octanol–water partition coefficient (Wildman–Crippen LogP) is 7.28. The maximum atomic E-state index is 11.5. The Morgan fingerprint density at radius 2 is 1.46 bits per heavy atom. The first kappa shape index (κ1) is 27.6. The van der Waals surface area contributed by atoms with Crippen molar-refractivity contribution in [2.24, 2.45) is 5.92 Å². The fourth-order valence-electron chi connectivity index (χ4n) is 4.88. The van der Waals surface area contributed by atoms with E-state index in [1.807, 2.05) is 60.7 Å². The van der Waals surface area contributed by atoms with Crippen molar-refractivity contribution in [1.29, 1.82) is 0 Å². The first-order chi connectivity index (χ1) is 17.9. The van der Waals surface area contributed by atoms with Crippen LogP contribution in [0.15, 0.2) is 72.8 Å². The zero-order valence-corrected chi connectivity index (χ0v) is 22.5. The average molecular weight is 543 g/mol. The number of hydrogen-bond donors (Lipinski definition) is 1. The van der Waals surface area contributed by atoms with E-state index >= 15 is 0 Å². The van der Waals surface area contributed by atoms with Gasteiger partial charge in [0.15, 0.2) is 0 Å². The van der Waals surface area contributed by atoms with Crippen LogP contribution < -0.4 is 0 Å². The summed E-state index contributed by atoms with van der Waals surface area (Å²) in [5.74, 6) is -0.920. The van der Waals surface area contributed by atoms with Gasteiger partial charge in [-0.15, -0.1) is 0 Å². The van der Waals surface area contributed by atoms with E-state index in [2.05, 4.69) is 13.8 Å². The Morgan fingerprint density at radius 3 is 2.00 bits per heavy atom. The third-order valence-electron chi connectivity index (χ3n) is 6.84. The number of aliphatic carboxylic acids is 1. The molecule has 3 aromatic carbocycles. The van der Waals surface area contributed by atoms with Gasteiger partial charge in [-0.05, 0) is 35.2 Å². The molecule has 0 aromatic heterocycles. The summed E-state index contributed by atoms with van der Waals surface area (Å²) < 4.78 is 19.7. The van der Waals surface area contributed by atoms with Gasteiger partial charge in [-0.2, -0.15) is 0 Å². The average Bonchev–Trinajstić information content (AvgIpc) is 2.89. The van der Waals surface area contributed by atoms with Crippen LogP contribution in [-0.2, 0) is 38.6 Å². The second-order valence-corrected chi connectivity index (χ2v) is 10.2. The Balaban J connectivity index is 1.71. The Labute approximate surface area is 228 Å². The standard InChI is InChI=1S/C30H32Cl2O5/c1-3-26-19(2)28(35-17-20-10-6-4-7-11-20)30(36-18-21-12-8-5-9-13-21)29(37-26)23-14-22(15-27(33)34)24(31)16-25(23)32/h4-14,16,19,26,28-30H,3,15,17-18H2,1-2H3,(H,33,34)/t19-,26-,28+,29?,30-/m1/s1. The van der Waals surface area contributed by atoms with Gasteiger partial charge >= 0.3 is 5.97 Å². The monoisotopic (exact) mass is 542 g/mol. The van der Waals surface area contributed by atoms with Crippen LogP contribution in [0.25, 0.3) is 0 Å². The maximum absolute atomic E-state index is 11.5. The first-order valence-electron chi connectivity index (χ1n) is 12.5. The van der Waals surface area contributed by atoms with Crippen LogP contribution in [0.4, 0.5) is 0 Å². The molecule has 1 fully saturated rings. The zero-order chi connectivity index (χ0) is 26.4. The van der Waals surface area contributed by atoms with Crippen molar-refractivity contribution in [3.63, 3.8) is 0 Å². The first-order valence-corrected chi connectivity index (χ1v) is 13.3. The predicted molar refractivity (Wildman–Crippen MR) is 145 cm³/mol. The molecule has 4 rings (SSSR count). The molecule has 0 radical (unpaired) electrons. The summed E-state index contributed by atoms with van der Waals surface area (Å²) in [5.41, 5.74) is 3.23. The van der Waals surface area contributed by atoms with Crippen LogP contribution in [-0.4, -0.2) is 29.4 Å². The van der Waals surface area contributed by atoms with E-state index < -0.39 is 18.2 Å². The molecule has 0 spiro atoms. The van der Waals surface area contributed by atoms with Gasteiger partial charge in [-0.25, -0.2) is 0 Å². The minimum Gasteiger partial charge on any atom is -0.481 e. The SMILES string of the molecule is CC[C@H]1OC(c2cc(CC(=O)O)c(Cl)cc2Cl)[C@H](OCc2ccccc2)[C@@H](OCc2ccccc2)[C@@H]1C. The van der Waals surface area contributed by atoms with Gasteiger partial charge in [0.1, 0.15) is 12.2 Å². The van der Waals surface area contributed by atoms with E-state index in [4.69, 9.17) is 37.4 Å². The van der Waals surface area contributed by atoms with Crippen LogP contribution in [0, 0.1) is 5.92 Å². The molecular weight excluding hydrogens is 511 g/mol. The molecule has 0 saturated carbocycles. The van der Waals surface area contributed by atoms with E-state index in [0.717, 1.165) is 17.5 Å². The van der Waals surface area contributed by atoms with E-state index in [1.54, 1.807) is 12.1 Å². The lowest BCUT2D eigenvalue weighted by Gasteiger charge is -2.46. The van der Waals surface area contributed by atoms with Crippen molar-refractivity contribution in [2.45, 2.75) is 64.3 Å². The highest BCUT2D eigenvalue weighted by atomic mass is 35.5. The number of rotatable bonds is 10. The van der Waals surface area contributed by atoms with Crippen LogP contribution in [0.5, 0.6) is 0 Å². The lowest BCUT2D eigenvalue weighted by molar-refractivity contribution is -0.234. The molecule has 1 unspecified atom stereocenters. The molecule has 0 aliphatic carbocycles. The van der Waals surface area contributed by atoms with E-state index in [0.29, 0.717) is 34.4 Å². The van der Waals surface area contributed by atoms with Crippen molar-refractivity contribution < 1.29 is 24.1 Å². The third-order valence-corrected chi connectivity index (χ3v) is 7.51. The zero-order valence-electron chi connectivity index (χ0n) is 21.0. The van der Waals surface area contributed by atoms with E-state index in [9.17, 15) is 9.90 Å². The number of benzene rings is 3. The summed E-state index contributed by atoms with van der Waals surface area (Å²) >= 11 is 13.0. The number of hydrogen-bond acceptors (Lipinski definition) is 4. The minimum atomic E-state index is -0.972. The summed E-state index contributed by atoms with van der Waals surface area (Å²) in [7, 11) is 0. The molecule has 1 N–H and O–H groups in total. The molecule has 0 amide bonds. The van der Waals surface area contributed by atoms with Crippen LogP contribution in [0.1, 0.15) is 48.6 Å². The summed E-state index contributed by atoms with van der Waals surface area (Å²) in [4.78, 5) is 11.5. The second-order valence-electron chi connectivity index (χ2n) is 9.42. The number of ether oxygens (including phenoxy) is 3. The fourth-order valence-corrected chi connectivity index (χ4v) is 5.44. The molecule has 1 saturated heterocycles. The molecule has 0 bridgehead atoms. The molecule has 7 heteroatoms. The second kappa shape index (κ2) is 12.9. The van der Waals surface area contributed by atoms with Crippen molar-refractivity contribution >= 4 is 29.2 Å². The summed E-state index contributed by atoms with van der Waals surface area (Å²) in [6.45, 7) is 5.01. The van der Waals surface area contributed by atoms with Crippen molar-refractivity contribution in [3.8, 4) is 0 Å². The number of carbonyl (C=O) groups is 1. The number of carboxylic acids is 1. The van der Waals surface area contributed by atoms with Gasteiger partial charge in [0, 0.05) is 21.5 Å². The molecule has 37 heavy (non-hydrogen) atoms. The van der Waals surface area contributed by atoms with Gasteiger partial charge in [0.2, 0.25) is 0 Å². The highest BCUT2D eigenvalue weighted by Gasteiger charge is 2.46.